The minimum absolute atomic E-state index is 0. The molecule has 130 valence electrons. The maximum Gasteiger partial charge on any atom is 0.234 e. The van der Waals surface area contributed by atoms with E-state index in [1.807, 2.05) is 54.6 Å². The number of halogens is 1. The smallest absolute Gasteiger partial charge is 0.234 e. The molecule has 0 radical (unpaired) electrons. The van der Waals surface area contributed by atoms with E-state index < -0.39 is 0 Å². The fourth-order valence-corrected chi connectivity index (χ4v) is 1.94. The Labute approximate surface area is 148 Å². The van der Waals surface area contributed by atoms with Crippen molar-refractivity contribution in [2.75, 3.05) is 26.8 Å². The first-order valence-corrected chi connectivity index (χ1v) is 7.56. The largest absolute Gasteiger partial charge is 0.457 e. The lowest BCUT2D eigenvalue weighted by atomic mass is 10.2. The number of ether oxygens (including phenoxy) is 2. The zero-order chi connectivity index (χ0) is 16.3. The molecule has 0 saturated carbocycles. The van der Waals surface area contributed by atoms with E-state index in [1.165, 1.54) is 0 Å². The van der Waals surface area contributed by atoms with Crippen LogP contribution in [-0.2, 0) is 16.1 Å². The van der Waals surface area contributed by atoms with Gasteiger partial charge in [0.25, 0.3) is 0 Å². The summed E-state index contributed by atoms with van der Waals surface area (Å²) in [6.07, 6.45) is 0. The van der Waals surface area contributed by atoms with Crippen molar-refractivity contribution in [2.24, 2.45) is 0 Å². The number of methoxy groups -OCH3 is 1. The average molecular weight is 351 g/mol. The molecule has 2 rings (SSSR count). The number of nitrogens with one attached hydrogen (secondary N) is 2. The van der Waals surface area contributed by atoms with E-state index in [0.29, 0.717) is 26.2 Å². The summed E-state index contributed by atoms with van der Waals surface area (Å²) in [6, 6.07) is 17.3. The van der Waals surface area contributed by atoms with Gasteiger partial charge in [-0.2, -0.15) is 0 Å². The predicted octanol–water partition coefficient (Wildman–Crippen LogP) is 2.75. The Morgan fingerprint density at radius 2 is 1.67 bits per heavy atom. The molecule has 0 aliphatic carbocycles. The minimum Gasteiger partial charge on any atom is -0.457 e. The highest BCUT2D eigenvalue weighted by Gasteiger charge is 2.01. The van der Waals surface area contributed by atoms with Crippen molar-refractivity contribution in [1.82, 2.24) is 10.6 Å². The SMILES string of the molecule is COCCNCC(=O)NCc1ccc(Oc2ccccc2)cc1.Cl. The Bertz CT molecular complexity index is 591. The van der Waals surface area contributed by atoms with Crippen LogP contribution in [0.25, 0.3) is 0 Å². The number of hydrogen-bond acceptors (Lipinski definition) is 4. The molecule has 24 heavy (non-hydrogen) atoms. The predicted molar refractivity (Wildman–Crippen MR) is 96.8 cm³/mol. The Morgan fingerprint density at radius 1 is 1.00 bits per heavy atom. The Balaban J connectivity index is 0.00000288. The molecule has 0 aliphatic heterocycles. The number of para-hydroxylation sites is 1. The molecule has 0 heterocycles. The van der Waals surface area contributed by atoms with Crippen LogP contribution in [0.5, 0.6) is 11.5 Å². The van der Waals surface area contributed by atoms with Gasteiger partial charge < -0.3 is 20.1 Å². The standard InChI is InChI=1S/C18H22N2O3.ClH/c1-22-12-11-19-14-18(21)20-13-15-7-9-17(10-8-15)23-16-5-3-2-4-6-16;/h2-10,19H,11-14H2,1H3,(H,20,21);1H. The van der Waals surface area contributed by atoms with Gasteiger partial charge in [-0.1, -0.05) is 30.3 Å². The minimum atomic E-state index is -0.0364. The van der Waals surface area contributed by atoms with E-state index in [0.717, 1.165) is 17.1 Å². The summed E-state index contributed by atoms with van der Waals surface area (Å²) in [5, 5.41) is 5.86. The van der Waals surface area contributed by atoms with Crippen molar-refractivity contribution in [3.63, 3.8) is 0 Å². The second-order valence-corrected chi connectivity index (χ2v) is 5.01. The van der Waals surface area contributed by atoms with Crippen LogP contribution in [0.3, 0.4) is 0 Å². The van der Waals surface area contributed by atoms with Crippen LogP contribution in [0.1, 0.15) is 5.56 Å². The molecule has 0 bridgehead atoms. The molecule has 6 heteroatoms. The second-order valence-electron chi connectivity index (χ2n) is 5.01. The van der Waals surface area contributed by atoms with Gasteiger partial charge in [-0.15, -0.1) is 12.4 Å². The Hall–Kier alpha value is -2.08. The highest BCUT2D eigenvalue weighted by atomic mass is 35.5. The number of rotatable bonds is 9. The monoisotopic (exact) mass is 350 g/mol. The molecule has 2 N–H and O–H groups in total. The van der Waals surface area contributed by atoms with E-state index in [9.17, 15) is 4.79 Å². The summed E-state index contributed by atoms with van der Waals surface area (Å²) in [6.45, 7) is 2.04. The van der Waals surface area contributed by atoms with Gasteiger partial charge in [0.2, 0.25) is 5.91 Å². The molecule has 2 aromatic rings. The molecule has 0 fully saturated rings. The van der Waals surface area contributed by atoms with Crippen LogP contribution in [0.4, 0.5) is 0 Å². The molecule has 1 amide bonds. The fraction of sp³-hybridized carbons (Fsp3) is 0.278. The van der Waals surface area contributed by atoms with Crippen LogP contribution in [-0.4, -0.2) is 32.7 Å². The molecule has 0 aliphatic rings. The van der Waals surface area contributed by atoms with Crippen LogP contribution in [0.15, 0.2) is 54.6 Å². The van der Waals surface area contributed by atoms with E-state index in [-0.39, 0.29) is 18.3 Å². The van der Waals surface area contributed by atoms with Crippen molar-refractivity contribution < 1.29 is 14.3 Å². The van der Waals surface area contributed by atoms with E-state index >= 15 is 0 Å². The van der Waals surface area contributed by atoms with Gasteiger partial charge in [0.05, 0.1) is 13.2 Å². The second kappa shape index (κ2) is 11.5. The maximum atomic E-state index is 11.6. The van der Waals surface area contributed by atoms with Crippen LogP contribution >= 0.6 is 12.4 Å². The summed E-state index contributed by atoms with van der Waals surface area (Å²) >= 11 is 0. The number of hydrogen-bond donors (Lipinski definition) is 2. The molecule has 0 aromatic heterocycles. The van der Waals surface area contributed by atoms with Crippen molar-refractivity contribution >= 4 is 18.3 Å². The van der Waals surface area contributed by atoms with Gasteiger partial charge in [-0.25, -0.2) is 0 Å². The number of carbonyl (C=O) groups excluding carboxylic acids is 1. The zero-order valence-electron chi connectivity index (χ0n) is 13.7. The molecular formula is C18H23ClN2O3. The van der Waals surface area contributed by atoms with Crippen molar-refractivity contribution in [3.05, 3.63) is 60.2 Å². The van der Waals surface area contributed by atoms with E-state index in [1.54, 1.807) is 7.11 Å². The van der Waals surface area contributed by atoms with Gasteiger partial charge in [0, 0.05) is 20.2 Å². The third kappa shape index (κ3) is 7.46. The van der Waals surface area contributed by atoms with Gasteiger partial charge in [-0.3, -0.25) is 4.79 Å². The summed E-state index contributed by atoms with van der Waals surface area (Å²) < 4.78 is 10.6. The van der Waals surface area contributed by atoms with Gasteiger partial charge in [0.1, 0.15) is 11.5 Å². The summed E-state index contributed by atoms with van der Waals surface area (Å²) in [5.41, 5.74) is 1.02. The van der Waals surface area contributed by atoms with Crippen LogP contribution in [0, 0.1) is 0 Å². The lowest BCUT2D eigenvalue weighted by Crippen LogP contribution is -2.34. The third-order valence-electron chi connectivity index (χ3n) is 3.16. The fourth-order valence-electron chi connectivity index (χ4n) is 1.94. The summed E-state index contributed by atoms with van der Waals surface area (Å²) in [4.78, 5) is 11.6. The third-order valence-corrected chi connectivity index (χ3v) is 3.16. The Kier molecular flexibility index (Phi) is 9.53. The lowest BCUT2D eigenvalue weighted by Gasteiger charge is -2.08. The van der Waals surface area contributed by atoms with Gasteiger partial charge in [-0.05, 0) is 29.8 Å². The quantitative estimate of drug-likeness (QED) is 0.683. The molecule has 0 unspecified atom stereocenters. The molecule has 0 saturated heterocycles. The van der Waals surface area contributed by atoms with E-state index in [4.69, 9.17) is 9.47 Å². The molecule has 2 aromatic carbocycles. The number of benzene rings is 2. The van der Waals surface area contributed by atoms with Crippen LogP contribution < -0.4 is 15.4 Å². The molecular weight excluding hydrogens is 328 g/mol. The van der Waals surface area contributed by atoms with Crippen molar-refractivity contribution in [3.8, 4) is 11.5 Å². The molecule has 5 nitrogen and oxygen atoms in total. The van der Waals surface area contributed by atoms with Crippen molar-refractivity contribution in [1.29, 1.82) is 0 Å². The first kappa shape index (κ1) is 20.0. The topological polar surface area (TPSA) is 59.6 Å². The zero-order valence-corrected chi connectivity index (χ0v) is 14.5. The first-order valence-electron chi connectivity index (χ1n) is 7.56. The first-order chi connectivity index (χ1) is 11.3. The lowest BCUT2D eigenvalue weighted by molar-refractivity contribution is -0.120. The molecule has 0 spiro atoms. The van der Waals surface area contributed by atoms with Crippen LogP contribution in [0.2, 0.25) is 0 Å². The van der Waals surface area contributed by atoms with Gasteiger partial charge >= 0.3 is 0 Å². The summed E-state index contributed by atoms with van der Waals surface area (Å²) in [7, 11) is 1.63. The highest BCUT2D eigenvalue weighted by molar-refractivity contribution is 5.85. The molecule has 0 atom stereocenters. The Morgan fingerprint density at radius 3 is 2.33 bits per heavy atom. The maximum absolute atomic E-state index is 11.6. The average Bonchev–Trinajstić information content (AvgIpc) is 2.59. The van der Waals surface area contributed by atoms with Crippen molar-refractivity contribution in [2.45, 2.75) is 6.54 Å². The number of amides is 1. The van der Waals surface area contributed by atoms with Gasteiger partial charge in [0.15, 0.2) is 0 Å². The summed E-state index contributed by atoms with van der Waals surface area (Å²) in [5.74, 6) is 1.54. The van der Waals surface area contributed by atoms with E-state index in [2.05, 4.69) is 10.6 Å². The normalized spacial score (nSPS) is 9.88. The number of carbonyl (C=O) groups is 1. The highest BCUT2D eigenvalue weighted by Crippen LogP contribution is 2.20.